The Morgan fingerprint density at radius 3 is 2.84 bits per heavy atom. The summed E-state index contributed by atoms with van der Waals surface area (Å²) in [4.78, 5) is 18.4. The molecule has 1 amide bonds. The Morgan fingerprint density at radius 1 is 1.47 bits per heavy atom. The van der Waals surface area contributed by atoms with Crippen molar-refractivity contribution < 1.29 is 14.3 Å². The highest BCUT2D eigenvalue weighted by Gasteiger charge is 2.25. The van der Waals surface area contributed by atoms with Gasteiger partial charge in [0.25, 0.3) is 5.91 Å². The van der Waals surface area contributed by atoms with Crippen LogP contribution in [0.25, 0.3) is 0 Å². The minimum Gasteiger partial charge on any atom is -0.477 e. The lowest BCUT2D eigenvalue weighted by atomic mass is 10.1. The number of nitrogens with zero attached hydrogens (tertiary/aromatic N) is 2. The van der Waals surface area contributed by atoms with Crippen LogP contribution in [-0.4, -0.2) is 48.7 Å². The van der Waals surface area contributed by atoms with Crippen LogP contribution in [0.5, 0.6) is 5.88 Å². The van der Waals surface area contributed by atoms with Crippen LogP contribution < -0.4 is 4.74 Å². The van der Waals surface area contributed by atoms with Gasteiger partial charge in [-0.3, -0.25) is 4.79 Å². The van der Waals surface area contributed by atoms with Crippen molar-refractivity contribution in [3.8, 4) is 5.88 Å². The van der Waals surface area contributed by atoms with Gasteiger partial charge in [0.15, 0.2) is 0 Å². The molecule has 1 fully saturated rings. The Morgan fingerprint density at radius 2 is 2.21 bits per heavy atom. The number of pyridine rings is 1. The van der Waals surface area contributed by atoms with Gasteiger partial charge in [-0.1, -0.05) is 0 Å². The van der Waals surface area contributed by atoms with Crippen LogP contribution in [0.3, 0.4) is 0 Å². The lowest BCUT2D eigenvalue weighted by Gasteiger charge is -2.31. The molecule has 0 spiro atoms. The van der Waals surface area contributed by atoms with E-state index in [1.165, 1.54) is 0 Å². The number of hydrogen-bond donors (Lipinski definition) is 0. The van der Waals surface area contributed by atoms with E-state index in [0.717, 1.165) is 25.9 Å². The third-order valence-electron chi connectivity index (χ3n) is 3.35. The fourth-order valence-corrected chi connectivity index (χ4v) is 2.27. The highest BCUT2D eigenvalue weighted by atomic mass is 16.5. The van der Waals surface area contributed by atoms with Crippen LogP contribution in [0.4, 0.5) is 0 Å². The highest BCUT2D eigenvalue weighted by Crippen LogP contribution is 2.20. The first-order valence-corrected chi connectivity index (χ1v) is 6.66. The third-order valence-corrected chi connectivity index (χ3v) is 3.35. The van der Waals surface area contributed by atoms with E-state index in [4.69, 9.17) is 9.47 Å². The largest absolute Gasteiger partial charge is 0.477 e. The number of amides is 1. The Kier molecular flexibility index (Phi) is 4.74. The van der Waals surface area contributed by atoms with Gasteiger partial charge >= 0.3 is 0 Å². The maximum Gasteiger partial charge on any atom is 0.259 e. The summed E-state index contributed by atoms with van der Waals surface area (Å²) in [5, 5.41) is 0. The van der Waals surface area contributed by atoms with Crippen molar-refractivity contribution in [2.24, 2.45) is 0 Å². The molecule has 19 heavy (non-hydrogen) atoms. The Labute approximate surface area is 113 Å². The van der Waals surface area contributed by atoms with Gasteiger partial charge in [-0.25, -0.2) is 4.98 Å². The van der Waals surface area contributed by atoms with Gasteiger partial charge in [0.1, 0.15) is 5.56 Å². The van der Waals surface area contributed by atoms with Crippen molar-refractivity contribution in [1.82, 2.24) is 9.88 Å². The summed E-state index contributed by atoms with van der Waals surface area (Å²) in [6.07, 6.45) is 3.67. The van der Waals surface area contributed by atoms with Crippen LogP contribution in [0.2, 0.25) is 0 Å². The quantitative estimate of drug-likeness (QED) is 0.831. The van der Waals surface area contributed by atoms with Crippen LogP contribution in [0.15, 0.2) is 18.3 Å². The zero-order valence-electron chi connectivity index (χ0n) is 11.5. The first-order chi connectivity index (χ1) is 9.26. The second-order valence-corrected chi connectivity index (χ2v) is 4.52. The molecule has 104 valence electrons. The molecule has 1 aliphatic rings. The summed E-state index contributed by atoms with van der Waals surface area (Å²) in [6, 6.07) is 3.53. The molecule has 0 aromatic carbocycles. The SMILES string of the molecule is CCOc1ncccc1C(=O)N1CCC(OC)CC1. The Balaban J connectivity index is 2.07. The number of aromatic nitrogens is 1. The number of piperidine rings is 1. The van der Waals surface area contributed by atoms with Gasteiger partial charge in [-0.05, 0) is 31.9 Å². The molecule has 0 bridgehead atoms. The molecule has 0 radical (unpaired) electrons. The van der Waals surface area contributed by atoms with Gasteiger partial charge in [0, 0.05) is 26.4 Å². The molecule has 2 heterocycles. The van der Waals surface area contributed by atoms with E-state index in [1.54, 1.807) is 25.4 Å². The molecule has 1 aromatic rings. The van der Waals surface area contributed by atoms with Gasteiger partial charge in [0.05, 0.1) is 12.7 Å². The third kappa shape index (κ3) is 3.23. The summed E-state index contributed by atoms with van der Waals surface area (Å²) in [5.74, 6) is 0.412. The van der Waals surface area contributed by atoms with Crippen LogP contribution in [0, 0.1) is 0 Å². The highest BCUT2D eigenvalue weighted by molar-refractivity contribution is 5.96. The molecule has 0 aliphatic carbocycles. The second-order valence-electron chi connectivity index (χ2n) is 4.52. The first-order valence-electron chi connectivity index (χ1n) is 6.66. The summed E-state index contributed by atoms with van der Waals surface area (Å²) < 4.78 is 10.7. The van der Waals surface area contributed by atoms with Crippen molar-refractivity contribution in [2.75, 3.05) is 26.8 Å². The number of carbonyl (C=O) groups is 1. The lowest BCUT2D eigenvalue weighted by molar-refractivity contribution is 0.0348. The molecule has 1 aromatic heterocycles. The predicted molar refractivity (Wildman–Crippen MR) is 71.3 cm³/mol. The summed E-state index contributed by atoms with van der Waals surface area (Å²) in [5.41, 5.74) is 0.542. The average Bonchev–Trinajstić information content (AvgIpc) is 2.47. The average molecular weight is 264 g/mol. The zero-order chi connectivity index (χ0) is 13.7. The summed E-state index contributed by atoms with van der Waals surface area (Å²) in [7, 11) is 1.72. The van der Waals surface area contributed by atoms with E-state index in [9.17, 15) is 4.79 Å². The van der Waals surface area contributed by atoms with E-state index in [-0.39, 0.29) is 12.0 Å². The fourth-order valence-electron chi connectivity index (χ4n) is 2.27. The minimum absolute atomic E-state index is 0.00824. The monoisotopic (exact) mass is 264 g/mol. The number of carbonyl (C=O) groups excluding carboxylic acids is 1. The minimum atomic E-state index is -0.00824. The number of ether oxygens (including phenoxy) is 2. The lowest BCUT2D eigenvalue weighted by Crippen LogP contribution is -2.40. The molecule has 5 heteroatoms. The van der Waals surface area contributed by atoms with E-state index >= 15 is 0 Å². The van der Waals surface area contributed by atoms with E-state index < -0.39 is 0 Å². The first kappa shape index (κ1) is 13.8. The van der Waals surface area contributed by atoms with Crippen molar-refractivity contribution >= 4 is 5.91 Å². The van der Waals surface area contributed by atoms with E-state index in [0.29, 0.717) is 18.1 Å². The summed E-state index contributed by atoms with van der Waals surface area (Å²) >= 11 is 0. The normalized spacial score (nSPS) is 16.4. The van der Waals surface area contributed by atoms with Crippen LogP contribution in [0.1, 0.15) is 30.1 Å². The number of likely N-dealkylation sites (tertiary alicyclic amines) is 1. The number of methoxy groups -OCH3 is 1. The topological polar surface area (TPSA) is 51.7 Å². The van der Waals surface area contributed by atoms with Crippen LogP contribution in [-0.2, 0) is 4.74 Å². The Hall–Kier alpha value is -1.62. The number of rotatable bonds is 4. The van der Waals surface area contributed by atoms with Crippen LogP contribution >= 0.6 is 0 Å². The fraction of sp³-hybridized carbons (Fsp3) is 0.571. The van der Waals surface area contributed by atoms with Gasteiger partial charge in [-0.2, -0.15) is 0 Å². The summed E-state index contributed by atoms with van der Waals surface area (Å²) in [6.45, 7) is 3.83. The number of hydrogen-bond acceptors (Lipinski definition) is 4. The molecule has 5 nitrogen and oxygen atoms in total. The van der Waals surface area contributed by atoms with Gasteiger partial charge < -0.3 is 14.4 Å². The molecular weight excluding hydrogens is 244 g/mol. The second kappa shape index (κ2) is 6.52. The standard InChI is InChI=1S/C14H20N2O3/c1-3-19-13-12(5-4-8-15-13)14(17)16-9-6-11(18-2)7-10-16/h4-5,8,11H,3,6-7,9-10H2,1-2H3. The molecule has 0 atom stereocenters. The smallest absolute Gasteiger partial charge is 0.259 e. The molecule has 1 saturated heterocycles. The van der Waals surface area contributed by atoms with Gasteiger partial charge in [-0.15, -0.1) is 0 Å². The molecular formula is C14H20N2O3. The van der Waals surface area contributed by atoms with Crippen molar-refractivity contribution in [3.05, 3.63) is 23.9 Å². The van der Waals surface area contributed by atoms with Gasteiger partial charge in [0.2, 0.25) is 5.88 Å². The molecule has 0 unspecified atom stereocenters. The van der Waals surface area contributed by atoms with E-state index in [2.05, 4.69) is 4.98 Å². The van der Waals surface area contributed by atoms with Crippen molar-refractivity contribution in [2.45, 2.75) is 25.9 Å². The van der Waals surface area contributed by atoms with Crippen molar-refractivity contribution in [1.29, 1.82) is 0 Å². The molecule has 0 N–H and O–H groups in total. The molecule has 1 aliphatic heterocycles. The zero-order valence-corrected chi connectivity index (χ0v) is 11.5. The van der Waals surface area contributed by atoms with Crippen molar-refractivity contribution in [3.63, 3.8) is 0 Å². The van der Waals surface area contributed by atoms with E-state index in [1.807, 2.05) is 11.8 Å². The maximum atomic E-state index is 12.5. The predicted octanol–water partition coefficient (Wildman–Crippen LogP) is 1.73. The molecule has 2 rings (SSSR count). The maximum absolute atomic E-state index is 12.5. The molecule has 0 saturated carbocycles. The Bertz CT molecular complexity index is 428.